The van der Waals surface area contributed by atoms with Gasteiger partial charge in [0.15, 0.2) is 5.75 Å². The molecule has 0 aliphatic heterocycles. The van der Waals surface area contributed by atoms with E-state index < -0.39 is 20.6 Å². The predicted molar refractivity (Wildman–Crippen MR) is 68.5 cm³/mol. The first-order chi connectivity index (χ1) is 8.75. The molecule has 1 aromatic carbocycles. The van der Waals surface area contributed by atoms with Gasteiger partial charge in [-0.2, -0.15) is 0 Å². The van der Waals surface area contributed by atoms with Gasteiger partial charge in [-0.25, -0.2) is 13.6 Å². The molecule has 0 aliphatic rings. The number of primary sulfonamides is 1. The molecule has 0 amide bonds. The quantitative estimate of drug-likeness (QED) is 0.570. The van der Waals surface area contributed by atoms with Gasteiger partial charge in [-0.3, -0.25) is 10.1 Å². The first-order valence-electron chi connectivity index (χ1n) is 5.38. The van der Waals surface area contributed by atoms with E-state index in [1.54, 1.807) is 14.0 Å². The highest BCUT2D eigenvalue weighted by Crippen LogP contribution is 2.30. The molecule has 0 saturated carbocycles. The van der Waals surface area contributed by atoms with Crippen LogP contribution in [0.4, 0.5) is 5.69 Å². The van der Waals surface area contributed by atoms with Crippen molar-refractivity contribution in [2.75, 3.05) is 13.6 Å². The van der Waals surface area contributed by atoms with Crippen LogP contribution in [0.3, 0.4) is 0 Å². The summed E-state index contributed by atoms with van der Waals surface area (Å²) in [5.41, 5.74) is -0.436. The monoisotopic (exact) mass is 289 g/mol. The van der Waals surface area contributed by atoms with Crippen molar-refractivity contribution in [2.24, 2.45) is 5.14 Å². The number of likely N-dealkylation sites (N-methyl/N-ethyl adjacent to an activating group) is 1. The second kappa shape index (κ2) is 5.95. The smallest absolute Gasteiger partial charge is 0.312 e. The van der Waals surface area contributed by atoms with Gasteiger partial charge in [0.1, 0.15) is 6.10 Å². The molecule has 1 atom stereocenters. The lowest BCUT2D eigenvalue weighted by atomic mass is 10.3. The lowest BCUT2D eigenvalue weighted by Crippen LogP contribution is -2.26. The molecule has 1 rings (SSSR count). The van der Waals surface area contributed by atoms with Crippen LogP contribution >= 0.6 is 0 Å². The molecule has 106 valence electrons. The zero-order chi connectivity index (χ0) is 14.6. The molecular formula is C10H15N3O5S. The number of ether oxygens (including phenoxy) is 1. The van der Waals surface area contributed by atoms with Gasteiger partial charge in [-0.05, 0) is 26.1 Å². The molecule has 0 aromatic heterocycles. The number of hydrogen-bond donors (Lipinski definition) is 2. The van der Waals surface area contributed by atoms with Gasteiger partial charge in [-0.15, -0.1) is 0 Å². The van der Waals surface area contributed by atoms with Crippen molar-refractivity contribution in [3.63, 3.8) is 0 Å². The summed E-state index contributed by atoms with van der Waals surface area (Å²) in [6.45, 7) is 2.22. The van der Waals surface area contributed by atoms with E-state index >= 15 is 0 Å². The van der Waals surface area contributed by atoms with Gasteiger partial charge < -0.3 is 10.1 Å². The number of hydrogen-bond acceptors (Lipinski definition) is 6. The van der Waals surface area contributed by atoms with Gasteiger partial charge in [0, 0.05) is 12.6 Å². The number of nitro groups is 1. The molecule has 1 aromatic rings. The molecule has 1 unspecified atom stereocenters. The van der Waals surface area contributed by atoms with Crippen LogP contribution < -0.4 is 15.2 Å². The minimum Gasteiger partial charge on any atom is -0.482 e. The Morgan fingerprint density at radius 3 is 2.63 bits per heavy atom. The highest BCUT2D eigenvalue weighted by Gasteiger charge is 2.21. The Hall–Kier alpha value is -1.71. The molecular weight excluding hydrogens is 274 g/mol. The molecule has 0 bridgehead atoms. The Labute approximate surface area is 110 Å². The summed E-state index contributed by atoms with van der Waals surface area (Å²) in [6.07, 6.45) is -0.302. The maximum atomic E-state index is 11.1. The van der Waals surface area contributed by atoms with E-state index in [2.05, 4.69) is 5.32 Å². The Morgan fingerprint density at radius 1 is 1.53 bits per heavy atom. The first kappa shape index (κ1) is 15.3. The second-order valence-corrected chi connectivity index (χ2v) is 5.48. The number of nitro benzene ring substituents is 1. The summed E-state index contributed by atoms with van der Waals surface area (Å²) < 4.78 is 27.7. The van der Waals surface area contributed by atoms with Gasteiger partial charge in [0.2, 0.25) is 10.0 Å². The standard InChI is InChI=1S/C10H15N3O5S/c1-7(6-12-2)18-10-4-3-8(19(11,16)17)5-9(10)13(14)15/h3-5,7,12H,6H2,1-2H3,(H2,11,16,17). The molecule has 9 heteroatoms. The van der Waals surface area contributed by atoms with Crippen LogP contribution in [0.1, 0.15) is 6.92 Å². The number of nitrogens with one attached hydrogen (secondary N) is 1. The number of rotatable bonds is 6. The summed E-state index contributed by atoms with van der Waals surface area (Å²) in [5, 5.41) is 18.7. The predicted octanol–water partition coefficient (Wildman–Crippen LogP) is 0.229. The van der Waals surface area contributed by atoms with Crippen LogP contribution in [-0.2, 0) is 10.0 Å². The maximum Gasteiger partial charge on any atom is 0.312 e. The van der Waals surface area contributed by atoms with Crippen molar-refractivity contribution in [3.8, 4) is 5.75 Å². The third-order valence-corrected chi connectivity index (χ3v) is 3.19. The number of nitrogens with zero attached hydrogens (tertiary/aromatic N) is 1. The van der Waals surface area contributed by atoms with Crippen LogP contribution in [0.2, 0.25) is 0 Å². The third-order valence-electron chi connectivity index (χ3n) is 2.28. The summed E-state index contributed by atoms with van der Waals surface area (Å²) in [5.74, 6) is 0.000139. The van der Waals surface area contributed by atoms with Crippen molar-refractivity contribution in [3.05, 3.63) is 28.3 Å². The topological polar surface area (TPSA) is 125 Å². The highest BCUT2D eigenvalue weighted by atomic mass is 32.2. The van der Waals surface area contributed by atoms with Crippen molar-refractivity contribution >= 4 is 15.7 Å². The Morgan fingerprint density at radius 2 is 2.16 bits per heavy atom. The zero-order valence-corrected chi connectivity index (χ0v) is 11.3. The van der Waals surface area contributed by atoms with Crippen molar-refractivity contribution in [2.45, 2.75) is 17.9 Å². The molecule has 0 spiro atoms. The summed E-state index contributed by atoms with van der Waals surface area (Å²) >= 11 is 0. The Balaban J connectivity index is 3.16. The molecule has 0 fully saturated rings. The van der Waals surface area contributed by atoms with Crippen LogP contribution in [0.15, 0.2) is 23.1 Å². The number of benzene rings is 1. The molecule has 0 saturated heterocycles. The molecule has 8 nitrogen and oxygen atoms in total. The molecule has 0 radical (unpaired) electrons. The SMILES string of the molecule is CNCC(C)Oc1ccc(S(N)(=O)=O)cc1[N+](=O)[O-]. The largest absolute Gasteiger partial charge is 0.482 e. The van der Waals surface area contributed by atoms with E-state index in [0.717, 1.165) is 6.07 Å². The van der Waals surface area contributed by atoms with Gasteiger partial charge in [0.25, 0.3) is 0 Å². The van der Waals surface area contributed by atoms with E-state index in [0.29, 0.717) is 6.54 Å². The van der Waals surface area contributed by atoms with Crippen molar-refractivity contribution in [1.29, 1.82) is 0 Å². The molecule has 0 aliphatic carbocycles. The third kappa shape index (κ3) is 4.16. The highest BCUT2D eigenvalue weighted by molar-refractivity contribution is 7.89. The second-order valence-electron chi connectivity index (χ2n) is 3.92. The lowest BCUT2D eigenvalue weighted by molar-refractivity contribution is -0.386. The molecule has 0 heterocycles. The van der Waals surface area contributed by atoms with E-state index in [1.165, 1.54) is 12.1 Å². The fraction of sp³-hybridized carbons (Fsp3) is 0.400. The number of nitrogens with two attached hydrogens (primary N) is 1. The summed E-state index contributed by atoms with van der Waals surface area (Å²) in [7, 11) is -2.27. The van der Waals surface area contributed by atoms with Crippen LogP contribution in [0.5, 0.6) is 5.75 Å². The van der Waals surface area contributed by atoms with Crippen LogP contribution in [0, 0.1) is 10.1 Å². The summed E-state index contributed by atoms with van der Waals surface area (Å²) in [6, 6.07) is 3.28. The fourth-order valence-electron chi connectivity index (χ4n) is 1.46. The summed E-state index contributed by atoms with van der Waals surface area (Å²) in [4.78, 5) is 9.88. The van der Waals surface area contributed by atoms with Gasteiger partial charge >= 0.3 is 5.69 Å². The lowest BCUT2D eigenvalue weighted by Gasteiger charge is -2.14. The molecule has 3 N–H and O–H groups in total. The van der Waals surface area contributed by atoms with Crippen LogP contribution in [-0.4, -0.2) is 33.0 Å². The van der Waals surface area contributed by atoms with Crippen molar-refractivity contribution < 1.29 is 18.1 Å². The minimum atomic E-state index is -3.99. The van der Waals surface area contributed by atoms with E-state index in [1.807, 2.05) is 0 Å². The van der Waals surface area contributed by atoms with E-state index in [9.17, 15) is 18.5 Å². The van der Waals surface area contributed by atoms with E-state index in [-0.39, 0.29) is 16.7 Å². The zero-order valence-electron chi connectivity index (χ0n) is 10.5. The van der Waals surface area contributed by atoms with Gasteiger partial charge in [0.05, 0.1) is 9.82 Å². The van der Waals surface area contributed by atoms with Crippen LogP contribution in [0.25, 0.3) is 0 Å². The van der Waals surface area contributed by atoms with E-state index in [4.69, 9.17) is 9.88 Å². The minimum absolute atomic E-state index is 0.000139. The first-order valence-corrected chi connectivity index (χ1v) is 6.93. The average Bonchev–Trinajstić information content (AvgIpc) is 2.27. The normalized spacial score (nSPS) is 13.0. The molecule has 19 heavy (non-hydrogen) atoms. The Kier molecular flexibility index (Phi) is 4.81. The fourth-order valence-corrected chi connectivity index (χ4v) is 2.00. The maximum absolute atomic E-state index is 11.1. The average molecular weight is 289 g/mol. The number of sulfonamides is 1. The Bertz CT molecular complexity index is 573. The van der Waals surface area contributed by atoms with Crippen molar-refractivity contribution in [1.82, 2.24) is 5.32 Å². The van der Waals surface area contributed by atoms with Gasteiger partial charge in [-0.1, -0.05) is 0 Å².